The van der Waals surface area contributed by atoms with Crippen molar-refractivity contribution in [3.8, 4) is 11.3 Å². The second kappa shape index (κ2) is 9.49. The molecule has 2 aromatic carbocycles. The third-order valence-electron chi connectivity index (χ3n) is 4.41. The minimum absolute atomic E-state index is 0.138. The summed E-state index contributed by atoms with van der Waals surface area (Å²) in [4.78, 5) is 34.5. The molecule has 3 rings (SSSR count). The Kier molecular flexibility index (Phi) is 6.56. The zero-order valence-electron chi connectivity index (χ0n) is 16.8. The highest BCUT2D eigenvalue weighted by Crippen LogP contribution is 2.23. The van der Waals surface area contributed by atoms with E-state index in [1.54, 1.807) is 43.3 Å². The van der Waals surface area contributed by atoms with E-state index in [0.717, 1.165) is 5.56 Å². The third-order valence-corrected chi connectivity index (χ3v) is 4.41. The number of nitro benzene ring substituents is 1. The molecule has 31 heavy (non-hydrogen) atoms. The van der Waals surface area contributed by atoms with Crippen molar-refractivity contribution in [3.63, 3.8) is 0 Å². The Morgan fingerprint density at radius 2 is 1.90 bits per heavy atom. The first kappa shape index (κ1) is 21.4. The van der Waals surface area contributed by atoms with Crippen LogP contribution in [0.5, 0.6) is 0 Å². The number of nitrogens with one attached hydrogen (secondary N) is 1. The number of hydrogen-bond acceptors (Lipinski definition) is 7. The van der Waals surface area contributed by atoms with Crippen LogP contribution in [0.25, 0.3) is 11.3 Å². The Morgan fingerprint density at radius 1 is 1.16 bits per heavy atom. The number of esters is 1. The van der Waals surface area contributed by atoms with E-state index in [-0.39, 0.29) is 16.8 Å². The molecule has 1 aromatic heterocycles. The fourth-order valence-electron chi connectivity index (χ4n) is 2.84. The number of hydrazone groups is 1. The van der Waals surface area contributed by atoms with Crippen molar-refractivity contribution in [2.24, 2.45) is 5.10 Å². The lowest BCUT2D eigenvalue weighted by atomic mass is 10.1. The largest absolute Gasteiger partial charge is 0.462 e. The number of nitro groups is 1. The molecule has 3 aromatic rings. The van der Waals surface area contributed by atoms with Crippen LogP contribution in [-0.4, -0.2) is 29.6 Å². The Balaban J connectivity index is 1.66. The smallest absolute Gasteiger partial charge is 0.338 e. The molecule has 0 bridgehead atoms. The van der Waals surface area contributed by atoms with Crippen molar-refractivity contribution in [2.45, 2.75) is 13.8 Å². The predicted molar refractivity (Wildman–Crippen MR) is 113 cm³/mol. The molecule has 0 atom stereocenters. The van der Waals surface area contributed by atoms with Crippen molar-refractivity contribution >= 4 is 23.8 Å². The first-order chi connectivity index (χ1) is 14.9. The number of rotatable bonds is 7. The summed E-state index contributed by atoms with van der Waals surface area (Å²) in [6.07, 6.45) is 1.32. The topological polar surface area (TPSA) is 124 Å². The van der Waals surface area contributed by atoms with Gasteiger partial charge < -0.3 is 9.15 Å². The SMILES string of the molecule is CCOC(=O)c1ccc(-c2ccc(/C=N/NC(=O)c3cccc([N+](=O)[O-])c3C)o2)cc1. The second-order valence-corrected chi connectivity index (χ2v) is 6.41. The van der Waals surface area contributed by atoms with Crippen LogP contribution in [0.15, 0.2) is 64.1 Å². The second-order valence-electron chi connectivity index (χ2n) is 6.41. The summed E-state index contributed by atoms with van der Waals surface area (Å²) >= 11 is 0. The van der Waals surface area contributed by atoms with Gasteiger partial charge in [-0.2, -0.15) is 5.10 Å². The minimum Gasteiger partial charge on any atom is -0.462 e. The van der Waals surface area contributed by atoms with Gasteiger partial charge >= 0.3 is 5.97 Å². The monoisotopic (exact) mass is 421 g/mol. The number of nitrogens with zero attached hydrogens (tertiary/aromatic N) is 2. The van der Waals surface area contributed by atoms with Gasteiger partial charge in [-0.3, -0.25) is 14.9 Å². The Hall–Kier alpha value is -4.27. The number of amides is 1. The zero-order valence-corrected chi connectivity index (χ0v) is 16.8. The van der Waals surface area contributed by atoms with Crippen LogP contribution >= 0.6 is 0 Å². The molecule has 0 radical (unpaired) electrons. The van der Waals surface area contributed by atoms with Gasteiger partial charge in [-0.05, 0) is 44.2 Å². The maximum absolute atomic E-state index is 12.3. The van der Waals surface area contributed by atoms with E-state index in [1.807, 2.05) is 0 Å². The van der Waals surface area contributed by atoms with Crippen LogP contribution in [0.3, 0.4) is 0 Å². The molecule has 0 aliphatic rings. The molecular formula is C22H19N3O6. The average molecular weight is 421 g/mol. The minimum atomic E-state index is -0.571. The highest BCUT2D eigenvalue weighted by atomic mass is 16.6. The standard InChI is InChI=1S/C22H19N3O6/c1-3-30-22(27)16-9-7-15(8-10-16)20-12-11-17(31-20)13-23-24-21(26)18-5-4-6-19(14(18)2)25(28)29/h4-13H,3H2,1-2H3,(H,24,26)/b23-13+. The quantitative estimate of drug-likeness (QED) is 0.265. The Morgan fingerprint density at radius 3 is 2.58 bits per heavy atom. The van der Waals surface area contributed by atoms with Gasteiger partial charge in [0.25, 0.3) is 11.6 Å². The lowest BCUT2D eigenvalue weighted by Crippen LogP contribution is -2.19. The molecule has 0 aliphatic heterocycles. The molecule has 1 heterocycles. The van der Waals surface area contributed by atoms with E-state index in [9.17, 15) is 19.7 Å². The molecule has 0 unspecified atom stereocenters. The van der Waals surface area contributed by atoms with Gasteiger partial charge in [0.05, 0.1) is 28.9 Å². The summed E-state index contributed by atoms with van der Waals surface area (Å²) < 4.78 is 10.6. The lowest BCUT2D eigenvalue weighted by Gasteiger charge is -2.04. The van der Waals surface area contributed by atoms with Crippen LogP contribution in [-0.2, 0) is 4.74 Å². The molecule has 0 spiro atoms. The maximum Gasteiger partial charge on any atom is 0.338 e. The van der Waals surface area contributed by atoms with E-state index in [2.05, 4.69) is 10.5 Å². The van der Waals surface area contributed by atoms with Crippen molar-refractivity contribution in [3.05, 3.63) is 87.2 Å². The van der Waals surface area contributed by atoms with Crippen molar-refractivity contribution in [1.82, 2.24) is 5.43 Å². The maximum atomic E-state index is 12.3. The van der Waals surface area contributed by atoms with Crippen LogP contribution in [0.4, 0.5) is 5.69 Å². The first-order valence-corrected chi connectivity index (χ1v) is 9.35. The number of carbonyl (C=O) groups excluding carboxylic acids is 2. The van der Waals surface area contributed by atoms with E-state index >= 15 is 0 Å². The van der Waals surface area contributed by atoms with Gasteiger partial charge in [-0.25, -0.2) is 10.2 Å². The number of hydrogen-bond donors (Lipinski definition) is 1. The summed E-state index contributed by atoms with van der Waals surface area (Å²) in [6.45, 7) is 3.55. The number of ether oxygens (including phenoxy) is 1. The fourth-order valence-corrected chi connectivity index (χ4v) is 2.84. The molecule has 9 heteroatoms. The van der Waals surface area contributed by atoms with Crippen molar-refractivity contribution in [2.75, 3.05) is 6.61 Å². The summed E-state index contributed by atoms with van der Waals surface area (Å²) in [5.41, 5.74) is 3.81. The molecule has 0 fully saturated rings. The lowest BCUT2D eigenvalue weighted by molar-refractivity contribution is -0.385. The molecule has 0 saturated carbocycles. The highest BCUT2D eigenvalue weighted by Gasteiger charge is 2.17. The van der Waals surface area contributed by atoms with Crippen LogP contribution in [0, 0.1) is 17.0 Å². The molecule has 1 N–H and O–H groups in total. The van der Waals surface area contributed by atoms with E-state index in [0.29, 0.717) is 23.7 Å². The van der Waals surface area contributed by atoms with Gasteiger partial charge in [-0.1, -0.05) is 18.2 Å². The summed E-state index contributed by atoms with van der Waals surface area (Å²) in [6, 6.07) is 14.4. The fraction of sp³-hybridized carbons (Fsp3) is 0.136. The van der Waals surface area contributed by atoms with Gasteiger partial charge in [0, 0.05) is 17.2 Å². The van der Waals surface area contributed by atoms with Crippen LogP contribution in [0.2, 0.25) is 0 Å². The van der Waals surface area contributed by atoms with Crippen LogP contribution < -0.4 is 5.43 Å². The summed E-state index contributed by atoms with van der Waals surface area (Å²) in [5.74, 6) is -0.0203. The van der Waals surface area contributed by atoms with E-state index < -0.39 is 16.8 Å². The van der Waals surface area contributed by atoms with E-state index in [4.69, 9.17) is 9.15 Å². The van der Waals surface area contributed by atoms with Crippen molar-refractivity contribution in [1.29, 1.82) is 0 Å². The van der Waals surface area contributed by atoms with Crippen LogP contribution in [0.1, 0.15) is 39.0 Å². The van der Waals surface area contributed by atoms with Gasteiger partial charge in [0.2, 0.25) is 0 Å². The van der Waals surface area contributed by atoms with Gasteiger partial charge in [0.15, 0.2) is 0 Å². The number of furan rings is 1. The zero-order chi connectivity index (χ0) is 22.4. The normalized spacial score (nSPS) is 10.8. The van der Waals surface area contributed by atoms with Gasteiger partial charge in [0.1, 0.15) is 11.5 Å². The molecular weight excluding hydrogens is 402 g/mol. The molecule has 158 valence electrons. The first-order valence-electron chi connectivity index (χ1n) is 9.35. The van der Waals surface area contributed by atoms with E-state index in [1.165, 1.54) is 31.3 Å². The molecule has 0 aliphatic carbocycles. The van der Waals surface area contributed by atoms with Gasteiger partial charge in [-0.15, -0.1) is 0 Å². The highest BCUT2D eigenvalue weighted by molar-refractivity contribution is 5.97. The number of benzene rings is 2. The number of carbonyl (C=O) groups is 2. The molecule has 0 saturated heterocycles. The van der Waals surface area contributed by atoms with Crippen molar-refractivity contribution < 1.29 is 23.7 Å². The molecule has 9 nitrogen and oxygen atoms in total. The Labute approximate surface area is 177 Å². The predicted octanol–water partition coefficient (Wildman–Crippen LogP) is 4.10. The third kappa shape index (κ3) is 5.02. The summed E-state index contributed by atoms with van der Waals surface area (Å²) in [5, 5.41) is 14.9. The molecule has 1 amide bonds. The summed E-state index contributed by atoms with van der Waals surface area (Å²) in [7, 11) is 0. The average Bonchev–Trinajstić information content (AvgIpc) is 3.23. The Bertz CT molecular complexity index is 1150.